The van der Waals surface area contributed by atoms with Gasteiger partial charge in [-0.1, -0.05) is 5.16 Å². The van der Waals surface area contributed by atoms with Gasteiger partial charge in [-0.15, -0.1) is 0 Å². The quantitative estimate of drug-likeness (QED) is 0.853. The topological polar surface area (TPSA) is 72.4 Å². The van der Waals surface area contributed by atoms with Gasteiger partial charge in [-0.3, -0.25) is 4.79 Å². The van der Waals surface area contributed by atoms with Crippen LogP contribution in [0.25, 0.3) is 0 Å². The maximum Gasteiger partial charge on any atom is 0.257 e. The van der Waals surface area contributed by atoms with E-state index in [1.165, 1.54) is 0 Å². The zero-order valence-corrected chi connectivity index (χ0v) is 13.5. The van der Waals surface area contributed by atoms with Crippen molar-refractivity contribution in [2.24, 2.45) is 0 Å². The van der Waals surface area contributed by atoms with Gasteiger partial charge in [0, 0.05) is 18.7 Å². The fourth-order valence-corrected chi connectivity index (χ4v) is 3.11. The Morgan fingerprint density at radius 3 is 2.59 bits per heavy atom. The third-order valence-corrected chi connectivity index (χ3v) is 4.38. The minimum atomic E-state index is 0.0350. The van der Waals surface area contributed by atoms with Crippen LogP contribution < -0.4 is 0 Å². The van der Waals surface area contributed by atoms with Crippen molar-refractivity contribution in [3.05, 3.63) is 34.4 Å². The summed E-state index contributed by atoms with van der Waals surface area (Å²) in [5.41, 5.74) is 1.62. The van der Waals surface area contributed by atoms with Gasteiger partial charge in [0.25, 0.3) is 5.91 Å². The lowest BCUT2D eigenvalue weighted by molar-refractivity contribution is 0.0693. The summed E-state index contributed by atoms with van der Waals surface area (Å²) >= 11 is 0. The molecule has 1 aliphatic heterocycles. The van der Waals surface area contributed by atoms with Crippen LogP contribution in [-0.4, -0.2) is 34.0 Å². The van der Waals surface area contributed by atoms with Crippen LogP contribution in [-0.2, 0) is 0 Å². The number of furan rings is 1. The summed E-state index contributed by atoms with van der Waals surface area (Å²) < 4.78 is 10.9. The van der Waals surface area contributed by atoms with Crippen molar-refractivity contribution < 1.29 is 13.7 Å². The third-order valence-electron chi connectivity index (χ3n) is 4.38. The third kappa shape index (κ3) is 2.53. The van der Waals surface area contributed by atoms with E-state index in [0.29, 0.717) is 29.6 Å². The number of carbonyl (C=O) groups is 1. The fourth-order valence-electron chi connectivity index (χ4n) is 3.11. The van der Waals surface area contributed by atoms with Crippen LogP contribution in [0.15, 0.2) is 8.94 Å². The van der Waals surface area contributed by atoms with Crippen molar-refractivity contribution in [2.45, 2.75) is 46.5 Å². The predicted octanol–water partition coefficient (Wildman–Crippen LogP) is 2.92. The van der Waals surface area contributed by atoms with Crippen LogP contribution in [0, 0.1) is 27.7 Å². The average molecular weight is 303 g/mol. The molecule has 1 saturated heterocycles. The second-order valence-corrected chi connectivity index (χ2v) is 5.98. The molecule has 0 N–H and O–H groups in total. The van der Waals surface area contributed by atoms with Crippen LogP contribution in [0.2, 0.25) is 0 Å². The van der Waals surface area contributed by atoms with Crippen molar-refractivity contribution in [1.29, 1.82) is 0 Å². The first-order valence-electron chi connectivity index (χ1n) is 7.63. The SMILES string of the molecule is Cc1noc([C@H]2CCCN(C(=O)c3c(C)oc(C)c3C)C2)n1. The van der Waals surface area contributed by atoms with E-state index < -0.39 is 0 Å². The molecule has 6 nitrogen and oxygen atoms in total. The fraction of sp³-hybridized carbons (Fsp3) is 0.562. The maximum atomic E-state index is 12.8. The number of aryl methyl sites for hydroxylation is 3. The van der Waals surface area contributed by atoms with Crippen molar-refractivity contribution in [1.82, 2.24) is 15.0 Å². The second kappa shape index (κ2) is 5.59. The van der Waals surface area contributed by atoms with E-state index in [-0.39, 0.29) is 11.8 Å². The molecular formula is C16H21N3O3. The van der Waals surface area contributed by atoms with Crippen molar-refractivity contribution in [2.75, 3.05) is 13.1 Å². The lowest BCUT2D eigenvalue weighted by atomic mass is 9.97. The molecule has 0 aliphatic carbocycles. The number of hydrogen-bond donors (Lipinski definition) is 0. The van der Waals surface area contributed by atoms with E-state index in [0.717, 1.165) is 30.7 Å². The molecule has 3 rings (SSSR count). The van der Waals surface area contributed by atoms with Crippen LogP contribution in [0.3, 0.4) is 0 Å². The van der Waals surface area contributed by atoms with Gasteiger partial charge in [0.1, 0.15) is 11.5 Å². The molecule has 1 atom stereocenters. The number of rotatable bonds is 2. The number of nitrogens with zero attached hydrogens (tertiary/aromatic N) is 3. The first-order valence-corrected chi connectivity index (χ1v) is 7.63. The summed E-state index contributed by atoms with van der Waals surface area (Å²) in [6, 6.07) is 0. The summed E-state index contributed by atoms with van der Waals surface area (Å²) in [6.07, 6.45) is 1.90. The van der Waals surface area contributed by atoms with E-state index in [1.54, 1.807) is 6.92 Å². The molecular weight excluding hydrogens is 282 g/mol. The largest absolute Gasteiger partial charge is 0.466 e. The van der Waals surface area contributed by atoms with E-state index >= 15 is 0 Å². The standard InChI is InChI=1S/C16H21N3O3/c1-9-10(2)21-11(3)14(9)16(20)19-7-5-6-13(8-19)15-17-12(4)18-22-15/h13H,5-8H2,1-4H3/t13-/m0/s1. The molecule has 6 heteroatoms. The molecule has 0 aromatic carbocycles. The highest BCUT2D eigenvalue weighted by molar-refractivity contribution is 5.97. The second-order valence-electron chi connectivity index (χ2n) is 5.98. The van der Waals surface area contributed by atoms with Crippen molar-refractivity contribution in [3.63, 3.8) is 0 Å². The van der Waals surface area contributed by atoms with E-state index in [9.17, 15) is 4.79 Å². The number of piperidine rings is 1. The first-order chi connectivity index (χ1) is 10.5. The summed E-state index contributed by atoms with van der Waals surface area (Å²) in [7, 11) is 0. The van der Waals surface area contributed by atoms with Gasteiger partial charge in [0.2, 0.25) is 5.89 Å². The molecule has 22 heavy (non-hydrogen) atoms. The van der Waals surface area contributed by atoms with E-state index in [2.05, 4.69) is 10.1 Å². The Balaban J connectivity index is 1.81. The van der Waals surface area contributed by atoms with Crippen LogP contribution in [0.4, 0.5) is 0 Å². The van der Waals surface area contributed by atoms with Crippen LogP contribution in [0.1, 0.15) is 57.9 Å². The molecule has 2 aromatic rings. The summed E-state index contributed by atoms with van der Waals surface area (Å²) in [6.45, 7) is 8.84. The molecule has 0 spiro atoms. The number of likely N-dealkylation sites (tertiary alicyclic amines) is 1. The number of hydrogen-bond acceptors (Lipinski definition) is 5. The Labute approximate surface area is 129 Å². The normalized spacial score (nSPS) is 18.7. The number of carbonyl (C=O) groups excluding carboxylic acids is 1. The maximum absolute atomic E-state index is 12.8. The smallest absolute Gasteiger partial charge is 0.257 e. The Hall–Kier alpha value is -2.11. The van der Waals surface area contributed by atoms with Gasteiger partial charge in [-0.25, -0.2) is 0 Å². The molecule has 118 valence electrons. The van der Waals surface area contributed by atoms with Crippen LogP contribution >= 0.6 is 0 Å². The van der Waals surface area contributed by atoms with Gasteiger partial charge in [0.05, 0.1) is 11.5 Å². The summed E-state index contributed by atoms with van der Waals surface area (Å²) in [5, 5.41) is 3.85. The zero-order valence-electron chi connectivity index (χ0n) is 13.5. The van der Waals surface area contributed by atoms with E-state index in [1.807, 2.05) is 25.7 Å². The molecule has 1 amide bonds. The average Bonchev–Trinajstić information content (AvgIpc) is 3.03. The van der Waals surface area contributed by atoms with Gasteiger partial charge in [-0.05, 0) is 40.5 Å². The predicted molar refractivity (Wildman–Crippen MR) is 79.8 cm³/mol. The van der Waals surface area contributed by atoms with Crippen molar-refractivity contribution >= 4 is 5.91 Å². The molecule has 0 radical (unpaired) electrons. The molecule has 0 unspecified atom stereocenters. The summed E-state index contributed by atoms with van der Waals surface area (Å²) in [5.74, 6) is 2.92. The monoisotopic (exact) mass is 303 g/mol. The highest BCUT2D eigenvalue weighted by Gasteiger charge is 2.31. The molecule has 0 saturated carbocycles. The highest BCUT2D eigenvalue weighted by atomic mass is 16.5. The van der Waals surface area contributed by atoms with Gasteiger partial charge >= 0.3 is 0 Å². The van der Waals surface area contributed by atoms with Gasteiger partial charge < -0.3 is 13.8 Å². The van der Waals surface area contributed by atoms with Gasteiger partial charge in [-0.2, -0.15) is 4.98 Å². The zero-order chi connectivity index (χ0) is 15.9. The molecule has 1 fully saturated rings. The Morgan fingerprint density at radius 2 is 2.00 bits per heavy atom. The minimum Gasteiger partial charge on any atom is -0.466 e. The molecule has 3 heterocycles. The molecule has 1 aliphatic rings. The Bertz CT molecular complexity index is 702. The lowest BCUT2D eigenvalue weighted by Crippen LogP contribution is -2.39. The van der Waals surface area contributed by atoms with Gasteiger partial charge in [0.15, 0.2) is 5.82 Å². The lowest BCUT2D eigenvalue weighted by Gasteiger charge is -2.31. The molecule has 2 aromatic heterocycles. The van der Waals surface area contributed by atoms with Crippen molar-refractivity contribution in [3.8, 4) is 0 Å². The Kier molecular flexibility index (Phi) is 3.76. The summed E-state index contributed by atoms with van der Waals surface area (Å²) in [4.78, 5) is 19.0. The number of aromatic nitrogens is 2. The highest BCUT2D eigenvalue weighted by Crippen LogP contribution is 2.29. The Morgan fingerprint density at radius 1 is 1.23 bits per heavy atom. The number of amides is 1. The van der Waals surface area contributed by atoms with Crippen LogP contribution in [0.5, 0.6) is 0 Å². The first kappa shape index (κ1) is 14.8. The molecule has 0 bridgehead atoms. The minimum absolute atomic E-state index is 0.0350. The van der Waals surface area contributed by atoms with E-state index in [4.69, 9.17) is 8.94 Å².